The fourth-order valence-corrected chi connectivity index (χ4v) is 2.18. The van der Waals surface area contributed by atoms with Crippen LogP contribution in [0.15, 0.2) is 12.2 Å². The van der Waals surface area contributed by atoms with Crippen LogP contribution in [0.4, 0.5) is 0 Å². The third-order valence-corrected chi connectivity index (χ3v) is 3.37. The van der Waals surface area contributed by atoms with E-state index in [-0.39, 0.29) is 0 Å². The summed E-state index contributed by atoms with van der Waals surface area (Å²) in [5.41, 5.74) is 1.24. The average molecular weight is 181 g/mol. The first-order chi connectivity index (χ1) is 6.11. The lowest BCUT2D eigenvalue weighted by Gasteiger charge is -2.34. The standard InChI is InChI=1S/C12H23N/c1-9(2)8-13-12-7-5-6-10(3)11(12)4/h10-13H,1,5-8H2,2-4H3. The van der Waals surface area contributed by atoms with Crippen molar-refractivity contribution in [1.82, 2.24) is 5.32 Å². The van der Waals surface area contributed by atoms with Crippen LogP contribution in [0.1, 0.15) is 40.0 Å². The van der Waals surface area contributed by atoms with Crippen molar-refractivity contribution in [2.45, 2.75) is 46.1 Å². The van der Waals surface area contributed by atoms with Crippen molar-refractivity contribution in [2.75, 3.05) is 6.54 Å². The van der Waals surface area contributed by atoms with E-state index in [9.17, 15) is 0 Å². The quantitative estimate of drug-likeness (QED) is 0.660. The summed E-state index contributed by atoms with van der Waals surface area (Å²) < 4.78 is 0. The lowest BCUT2D eigenvalue weighted by atomic mass is 9.78. The summed E-state index contributed by atoms with van der Waals surface area (Å²) in [6.45, 7) is 11.7. The van der Waals surface area contributed by atoms with Gasteiger partial charge in [0, 0.05) is 12.6 Å². The highest BCUT2D eigenvalue weighted by molar-refractivity contribution is 4.93. The number of hydrogen-bond acceptors (Lipinski definition) is 1. The fourth-order valence-electron chi connectivity index (χ4n) is 2.18. The molecule has 0 aromatic carbocycles. The van der Waals surface area contributed by atoms with Crippen molar-refractivity contribution in [3.05, 3.63) is 12.2 Å². The molecular weight excluding hydrogens is 158 g/mol. The molecule has 0 saturated heterocycles. The monoisotopic (exact) mass is 181 g/mol. The zero-order chi connectivity index (χ0) is 9.84. The summed E-state index contributed by atoms with van der Waals surface area (Å²) in [5, 5.41) is 3.60. The van der Waals surface area contributed by atoms with E-state index < -0.39 is 0 Å². The van der Waals surface area contributed by atoms with Crippen LogP contribution in [0.3, 0.4) is 0 Å². The number of rotatable bonds is 3. The minimum atomic E-state index is 0.723. The Hall–Kier alpha value is -0.300. The molecule has 3 atom stereocenters. The smallest absolute Gasteiger partial charge is 0.0161 e. The van der Waals surface area contributed by atoms with Gasteiger partial charge in [0.25, 0.3) is 0 Å². The molecule has 1 fully saturated rings. The van der Waals surface area contributed by atoms with E-state index in [2.05, 4.69) is 32.7 Å². The summed E-state index contributed by atoms with van der Waals surface area (Å²) in [5.74, 6) is 1.71. The topological polar surface area (TPSA) is 12.0 Å². The third-order valence-electron chi connectivity index (χ3n) is 3.37. The Bertz CT molecular complexity index is 174. The van der Waals surface area contributed by atoms with Gasteiger partial charge < -0.3 is 5.32 Å². The SMILES string of the molecule is C=C(C)CNC1CCCC(C)C1C. The van der Waals surface area contributed by atoms with Crippen molar-refractivity contribution in [3.8, 4) is 0 Å². The first-order valence-electron chi connectivity index (χ1n) is 5.49. The Kier molecular flexibility index (Phi) is 3.98. The Morgan fingerprint density at radius 1 is 1.38 bits per heavy atom. The molecule has 0 spiro atoms. The highest BCUT2D eigenvalue weighted by Gasteiger charge is 2.26. The molecule has 1 aliphatic carbocycles. The molecule has 0 aromatic rings. The van der Waals surface area contributed by atoms with Gasteiger partial charge in [-0.2, -0.15) is 0 Å². The Morgan fingerprint density at radius 2 is 2.08 bits per heavy atom. The second-order valence-corrected chi connectivity index (χ2v) is 4.71. The highest BCUT2D eigenvalue weighted by Crippen LogP contribution is 2.29. The molecular formula is C12H23N. The van der Waals surface area contributed by atoms with Gasteiger partial charge in [0.05, 0.1) is 0 Å². The van der Waals surface area contributed by atoms with Gasteiger partial charge in [-0.05, 0) is 25.2 Å². The Balaban J connectivity index is 2.35. The second kappa shape index (κ2) is 4.80. The van der Waals surface area contributed by atoms with Crippen molar-refractivity contribution in [2.24, 2.45) is 11.8 Å². The molecule has 0 amide bonds. The van der Waals surface area contributed by atoms with Crippen LogP contribution in [0, 0.1) is 11.8 Å². The summed E-state index contributed by atoms with van der Waals surface area (Å²) in [6, 6.07) is 0.723. The molecule has 1 saturated carbocycles. The van der Waals surface area contributed by atoms with Crippen molar-refractivity contribution in [1.29, 1.82) is 0 Å². The van der Waals surface area contributed by atoms with Crippen molar-refractivity contribution < 1.29 is 0 Å². The van der Waals surface area contributed by atoms with Crippen LogP contribution < -0.4 is 5.32 Å². The maximum Gasteiger partial charge on any atom is 0.0161 e. The molecule has 1 rings (SSSR count). The normalized spacial score (nSPS) is 34.5. The zero-order valence-corrected chi connectivity index (χ0v) is 9.27. The Labute approximate surface area is 82.6 Å². The van der Waals surface area contributed by atoms with Gasteiger partial charge in [-0.1, -0.05) is 38.8 Å². The van der Waals surface area contributed by atoms with E-state index in [4.69, 9.17) is 0 Å². The van der Waals surface area contributed by atoms with E-state index in [1.807, 2.05) is 0 Å². The van der Waals surface area contributed by atoms with Gasteiger partial charge in [-0.3, -0.25) is 0 Å². The summed E-state index contributed by atoms with van der Waals surface area (Å²) in [7, 11) is 0. The predicted octanol–water partition coefficient (Wildman–Crippen LogP) is 2.98. The van der Waals surface area contributed by atoms with E-state index in [1.54, 1.807) is 0 Å². The molecule has 1 heteroatoms. The van der Waals surface area contributed by atoms with Gasteiger partial charge in [0.1, 0.15) is 0 Å². The summed E-state index contributed by atoms with van der Waals surface area (Å²) >= 11 is 0. The van der Waals surface area contributed by atoms with Gasteiger partial charge >= 0.3 is 0 Å². The lowest BCUT2D eigenvalue weighted by molar-refractivity contribution is 0.210. The third kappa shape index (κ3) is 3.15. The molecule has 1 N–H and O–H groups in total. The number of nitrogens with one attached hydrogen (secondary N) is 1. The first kappa shape index (κ1) is 10.8. The second-order valence-electron chi connectivity index (χ2n) is 4.71. The van der Waals surface area contributed by atoms with Crippen molar-refractivity contribution in [3.63, 3.8) is 0 Å². The summed E-state index contributed by atoms with van der Waals surface area (Å²) in [6.07, 6.45) is 4.14. The maximum absolute atomic E-state index is 3.92. The molecule has 3 unspecified atom stereocenters. The van der Waals surface area contributed by atoms with Gasteiger partial charge in [0.2, 0.25) is 0 Å². The number of hydrogen-bond donors (Lipinski definition) is 1. The fraction of sp³-hybridized carbons (Fsp3) is 0.833. The molecule has 13 heavy (non-hydrogen) atoms. The van der Waals surface area contributed by atoms with E-state index >= 15 is 0 Å². The van der Waals surface area contributed by atoms with E-state index in [1.165, 1.54) is 24.8 Å². The van der Waals surface area contributed by atoms with Crippen LogP contribution in [0.5, 0.6) is 0 Å². The van der Waals surface area contributed by atoms with Crippen molar-refractivity contribution >= 4 is 0 Å². The largest absolute Gasteiger partial charge is 0.310 e. The van der Waals surface area contributed by atoms with Gasteiger partial charge in [-0.15, -0.1) is 0 Å². The lowest BCUT2D eigenvalue weighted by Crippen LogP contribution is -2.41. The van der Waals surface area contributed by atoms with Crippen LogP contribution >= 0.6 is 0 Å². The maximum atomic E-state index is 3.92. The van der Waals surface area contributed by atoms with Crippen LogP contribution in [0.25, 0.3) is 0 Å². The molecule has 0 aliphatic heterocycles. The zero-order valence-electron chi connectivity index (χ0n) is 9.27. The summed E-state index contributed by atoms with van der Waals surface area (Å²) in [4.78, 5) is 0. The average Bonchev–Trinajstić information content (AvgIpc) is 2.07. The van der Waals surface area contributed by atoms with Gasteiger partial charge in [-0.25, -0.2) is 0 Å². The highest BCUT2D eigenvalue weighted by atomic mass is 14.9. The van der Waals surface area contributed by atoms with E-state index in [0.29, 0.717) is 0 Å². The molecule has 1 aliphatic rings. The van der Waals surface area contributed by atoms with Crippen LogP contribution in [-0.2, 0) is 0 Å². The Morgan fingerprint density at radius 3 is 2.69 bits per heavy atom. The van der Waals surface area contributed by atoms with Crippen LogP contribution in [0.2, 0.25) is 0 Å². The molecule has 1 nitrogen and oxygen atoms in total. The molecule has 0 bridgehead atoms. The van der Waals surface area contributed by atoms with Crippen LogP contribution in [-0.4, -0.2) is 12.6 Å². The molecule has 0 aromatic heterocycles. The van der Waals surface area contributed by atoms with E-state index in [0.717, 1.165) is 24.4 Å². The predicted molar refractivity (Wildman–Crippen MR) is 58.8 cm³/mol. The first-order valence-corrected chi connectivity index (χ1v) is 5.49. The molecule has 0 heterocycles. The molecule has 76 valence electrons. The van der Waals surface area contributed by atoms with Gasteiger partial charge in [0.15, 0.2) is 0 Å². The minimum Gasteiger partial charge on any atom is -0.310 e. The minimum absolute atomic E-state index is 0.723. The molecule has 0 radical (unpaired) electrons.